The minimum Gasteiger partial charge on any atom is -1.00 e. The molecule has 0 amide bonds. The van der Waals surface area contributed by atoms with Crippen LogP contribution in [0.1, 0.15) is 5.56 Å². The van der Waals surface area contributed by atoms with E-state index in [1.807, 2.05) is 18.2 Å². The van der Waals surface area contributed by atoms with E-state index in [4.69, 9.17) is 9.47 Å². The molecule has 0 aliphatic carbocycles. The van der Waals surface area contributed by atoms with Gasteiger partial charge in [-0.1, -0.05) is 12.6 Å². The molecule has 4 heteroatoms. The number of allylic oxidation sites excluding steroid dienone is 1. The van der Waals surface area contributed by atoms with Gasteiger partial charge in [-0.15, -0.1) is 0 Å². The molecule has 71 valence electrons. The van der Waals surface area contributed by atoms with Crippen molar-refractivity contribution in [1.29, 1.82) is 0 Å². The number of rotatable bonds is 2. The molecule has 0 bridgehead atoms. The van der Waals surface area contributed by atoms with Crippen LogP contribution in [0.4, 0.5) is 0 Å². The Kier molecular flexibility index (Phi) is 5.82. The van der Waals surface area contributed by atoms with E-state index in [0.717, 1.165) is 23.5 Å². The van der Waals surface area contributed by atoms with Crippen molar-refractivity contribution >= 4 is 0 Å². The van der Waals surface area contributed by atoms with Crippen LogP contribution in [0.25, 0.3) is 0 Å². The first-order valence-electron chi connectivity index (χ1n) is 3.78. The molecule has 2 nitrogen and oxygen atoms in total. The van der Waals surface area contributed by atoms with Crippen LogP contribution in [-0.4, -0.2) is 6.79 Å². The van der Waals surface area contributed by atoms with Gasteiger partial charge >= 0.3 is 0 Å². The van der Waals surface area contributed by atoms with Crippen molar-refractivity contribution in [2.75, 3.05) is 6.79 Å². The van der Waals surface area contributed by atoms with E-state index >= 15 is 0 Å². The summed E-state index contributed by atoms with van der Waals surface area (Å²) in [5, 5.41) is 0. The number of hydrogen-bond acceptors (Lipinski definition) is 2. The van der Waals surface area contributed by atoms with Crippen LogP contribution in [0.2, 0.25) is 0 Å². The first kappa shape index (κ1) is 13.5. The Labute approximate surface area is 102 Å². The largest absolute Gasteiger partial charge is 1.00 e. The van der Waals surface area contributed by atoms with Crippen molar-refractivity contribution in [3.63, 3.8) is 0 Å². The quantitative estimate of drug-likeness (QED) is 0.633. The third kappa shape index (κ3) is 2.73. The second kappa shape index (κ2) is 6.05. The van der Waals surface area contributed by atoms with Gasteiger partial charge in [0.15, 0.2) is 11.5 Å². The number of halogens is 1. The minimum atomic E-state index is 0. The molecule has 0 spiro atoms. The SMILES string of the molecule is C=[C]Cc1ccc2c(c1)OCO2.[Cl-].[Zn]. The van der Waals surface area contributed by atoms with Gasteiger partial charge in [0.1, 0.15) is 0 Å². The van der Waals surface area contributed by atoms with Crippen molar-refractivity contribution in [2.24, 2.45) is 0 Å². The van der Waals surface area contributed by atoms with Gasteiger partial charge in [-0.3, -0.25) is 0 Å². The number of hydrogen-bond donors (Lipinski definition) is 0. The van der Waals surface area contributed by atoms with Gasteiger partial charge in [0.05, 0.1) is 0 Å². The zero-order valence-electron chi connectivity index (χ0n) is 7.75. The third-order valence-electron chi connectivity index (χ3n) is 1.77. The summed E-state index contributed by atoms with van der Waals surface area (Å²) in [6.07, 6.45) is 3.58. The molecular formula is C10H9ClO2Zn-. The first-order chi connectivity index (χ1) is 5.90. The Morgan fingerprint density at radius 1 is 1.29 bits per heavy atom. The number of ether oxygens (including phenoxy) is 2. The molecule has 1 heterocycles. The summed E-state index contributed by atoms with van der Waals surface area (Å²) in [6.45, 7) is 3.88. The molecule has 0 atom stereocenters. The van der Waals surface area contributed by atoms with Crippen molar-refractivity contribution in [3.8, 4) is 11.5 Å². The molecule has 14 heavy (non-hydrogen) atoms. The Hall–Kier alpha value is -0.527. The summed E-state index contributed by atoms with van der Waals surface area (Å²) < 4.78 is 10.4. The minimum absolute atomic E-state index is 0. The summed E-state index contributed by atoms with van der Waals surface area (Å²) in [5.41, 5.74) is 1.15. The van der Waals surface area contributed by atoms with Gasteiger partial charge < -0.3 is 21.9 Å². The van der Waals surface area contributed by atoms with E-state index in [0.29, 0.717) is 6.79 Å². The van der Waals surface area contributed by atoms with Crippen LogP contribution in [0, 0.1) is 6.08 Å². The number of benzene rings is 1. The van der Waals surface area contributed by atoms with Crippen molar-refractivity contribution in [1.82, 2.24) is 0 Å². The monoisotopic (exact) mass is 260 g/mol. The van der Waals surface area contributed by atoms with Gasteiger partial charge in [-0.25, -0.2) is 0 Å². The molecule has 1 aliphatic heterocycles. The van der Waals surface area contributed by atoms with E-state index in [1.165, 1.54) is 0 Å². The van der Waals surface area contributed by atoms with Gasteiger partial charge in [0.25, 0.3) is 0 Å². The summed E-state index contributed by atoms with van der Waals surface area (Å²) in [7, 11) is 0. The molecule has 1 aliphatic rings. The van der Waals surface area contributed by atoms with Crippen LogP contribution in [0.3, 0.4) is 0 Å². The maximum Gasteiger partial charge on any atom is 0.231 e. The summed E-state index contributed by atoms with van der Waals surface area (Å²) in [4.78, 5) is 0. The van der Waals surface area contributed by atoms with Crippen molar-refractivity contribution in [2.45, 2.75) is 6.42 Å². The maximum atomic E-state index is 5.22. The predicted octanol–water partition coefficient (Wildman–Crippen LogP) is -1.05. The fraction of sp³-hybridized carbons (Fsp3) is 0.200. The van der Waals surface area contributed by atoms with Crippen molar-refractivity contribution < 1.29 is 41.4 Å². The topological polar surface area (TPSA) is 18.5 Å². The van der Waals surface area contributed by atoms with Crippen LogP contribution in [-0.2, 0) is 25.9 Å². The molecule has 1 aromatic carbocycles. The maximum absolute atomic E-state index is 5.22. The normalized spacial score (nSPS) is 11.1. The van der Waals surface area contributed by atoms with Crippen LogP contribution >= 0.6 is 0 Å². The average Bonchev–Trinajstić information content (AvgIpc) is 2.51. The van der Waals surface area contributed by atoms with E-state index < -0.39 is 0 Å². The van der Waals surface area contributed by atoms with Gasteiger partial charge in [0, 0.05) is 19.5 Å². The second-order valence-corrected chi connectivity index (χ2v) is 2.61. The first-order valence-corrected chi connectivity index (χ1v) is 3.78. The Morgan fingerprint density at radius 2 is 2.00 bits per heavy atom. The zero-order chi connectivity index (χ0) is 8.39. The molecule has 0 fully saturated rings. The van der Waals surface area contributed by atoms with E-state index in [2.05, 4.69) is 12.7 Å². The van der Waals surface area contributed by atoms with Crippen LogP contribution < -0.4 is 21.9 Å². The van der Waals surface area contributed by atoms with Crippen LogP contribution in [0.15, 0.2) is 24.8 Å². The molecule has 0 unspecified atom stereocenters. The van der Waals surface area contributed by atoms with E-state index in [9.17, 15) is 0 Å². The van der Waals surface area contributed by atoms with Gasteiger partial charge in [-0.05, 0) is 30.2 Å². The molecule has 0 saturated heterocycles. The summed E-state index contributed by atoms with van der Waals surface area (Å²) in [6, 6.07) is 5.86. The standard InChI is InChI=1S/C10H9O2.ClH.Zn/c1-2-3-8-4-5-9-10(6-8)12-7-11-9;;/h4-6H,1,3,7H2;1H;/p-1. The third-order valence-corrected chi connectivity index (χ3v) is 1.77. The van der Waals surface area contributed by atoms with E-state index in [-0.39, 0.29) is 31.9 Å². The fourth-order valence-corrected chi connectivity index (χ4v) is 1.20. The van der Waals surface area contributed by atoms with E-state index in [1.54, 1.807) is 0 Å². The van der Waals surface area contributed by atoms with Gasteiger partial charge in [0.2, 0.25) is 6.79 Å². The molecule has 0 saturated carbocycles. The molecule has 1 aromatic rings. The Morgan fingerprint density at radius 3 is 2.71 bits per heavy atom. The second-order valence-electron chi connectivity index (χ2n) is 2.61. The summed E-state index contributed by atoms with van der Waals surface area (Å²) >= 11 is 0. The smallest absolute Gasteiger partial charge is 0.231 e. The average molecular weight is 262 g/mol. The molecule has 2 rings (SSSR count). The summed E-state index contributed by atoms with van der Waals surface area (Å²) in [5.74, 6) is 1.64. The fourth-order valence-electron chi connectivity index (χ4n) is 1.20. The molecule has 0 aromatic heterocycles. The molecule has 0 N–H and O–H groups in total. The molecule has 1 radical (unpaired) electrons. The van der Waals surface area contributed by atoms with Crippen molar-refractivity contribution in [3.05, 3.63) is 36.4 Å². The van der Waals surface area contributed by atoms with Crippen LogP contribution in [0.5, 0.6) is 11.5 Å². The molecular weight excluding hydrogens is 253 g/mol. The number of fused-ring (bicyclic) bond motifs is 1. The Balaban J connectivity index is 0.000000845. The van der Waals surface area contributed by atoms with Gasteiger partial charge in [-0.2, -0.15) is 0 Å². The zero-order valence-corrected chi connectivity index (χ0v) is 11.5. The predicted molar refractivity (Wildman–Crippen MR) is 45.1 cm³/mol. The Bertz CT molecular complexity index is 315.